The van der Waals surface area contributed by atoms with Crippen LogP contribution >= 0.6 is 0 Å². The SMILES string of the molecule is COc1ccc(C(=O)Nc2cc(C)nn2-c2nc3c(cnn3-c3ccccc3)c(=O)[nH]2)cc1OC. The normalized spacial score (nSPS) is 10.9. The lowest BCUT2D eigenvalue weighted by Crippen LogP contribution is -2.19. The molecule has 5 aromatic rings. The van der Waals surface area contributed by atoms with Gasteiger partial charge in [0.05, 0.1) is 31.8 Å². The quantitative estimate of drug-likeness (QED) is 0.390. The molecule has 11 nitrogen and oxygen atoms in total. The topological polar surface area (TPSA) is 129 Å². The maximum atomic E-state index is 13.0. The van der Waals surface area contributed by atoms with E-state index in [1.807, 2.05) is 30.3 Å². The van der Waals surface area contributed by atoms with E-state index in [1.54, 1.807) is 35.9 Å². The number of nitrogens with zero attached hydrogens (tertiary/aromatic N) is 5. The van der Waals surface area contributed by atoms with Crippen molar-refractivity contribution in [1.82, 2.24) is 29.5 Å². The van der Waals surface area contributed by atoms with E-state index in [4.69, 9.17) is 9.47 Å². The molecule has 0 fully saturated rings. The third-order valence-electron chi connectivity index (χ3n) is 5.35. The number of methoxy groups -OCH3 is 2. The number of ether oxygens (including phenoxy) is 2. The summed E-state index contributed by atoms with van der Waals surface area (Å²) >= 11 is 0. The van der Waals surface area contributed by atoms with Crippen molar-refractivity contribution in [3.8, 4) is 23.1 Å². The number of aryl methyl sites for hydroxylation is 1. The molecule has 176 valence electrons. The minimum absolute atomic E-state index is 0.135. The first kappa shape index (κ1) is 21.9. The van der Waals surface area contributed by atoms with Crippen LogP contribution in [0.25, 0.3) is 22.7 Å². The molecular formula is C24H21N7O4. The van der Waals surface area contributed by atoms with Gasteiger partial charge in [0.2, 0.25) is 5.95 Å². The third-order valence-corrected chi connectivity index (χ3v) is 5.35. The molecule has 0 spiro atoms. The molecular weight excluding hydrogens is 450 g/mol. The minimum Gasteiger partial charge on any atom is -0.493 e. The van der Waals surface area contributed by atoms with Gasteiger partial charge in [-0.05, 0) is 37.3 Å². The molecule has 35 heavy (non-hydrogen) atoms. The van der Waals surface area contributed by atoms with Crippen LogP contribution in [0, 0.1) is 6.92 Å². The third kappa shape index (κ3) is 3.99. The number of H-pyrrole nitrogens is 1. The predicted octanol–water partition coefficient (Wildman–Crippen LogP) is 2.87. The Hall–Kier alpha value is -4.93. The van der Waals surface area contributed by atoms with Gasteiger partial charge >= 0.3 is 0 Å². The number of hydrogen-bond acceptors (Lipinski definition) is 7. The number of fused-ring (bicyclic) bond motifs is 1. The van der Waals surface area contributed by atoms with Gasteiger partial charge in [-0.15, -0.1) is 0 Å². The van der Waals surface area contributed by atoms with Gasteiger partial charge in [-0.25, -0.2) is 4.68 Å². The number of nitrogens with one attached hydrogen (secondary N) is 2. The molecule has 0 radical (unpaired) electrons. The van der Waals surface area contributed by atoms with Crippen LogP contribution in [0.3, 0.4) is 0 Å². The van der Waals surface area contributed by atoms with E-state index in [0.717, 1.165) is 5.69 Å². The first-order chi connectivity index (χ1) is 17.0. The van der Waals surface area contributed by atoms with Crippen LogP contribution in [-0.2, 0) is 0 Å². The highest BCUT2D eigenvalue weighted by molar-refractivity contribution is 6.04. The van der Waals surface area contributed by atoms with Crippen molar-refractivity contribution in [2.75, 3.05) is 19.5 Å². The maximum absolute atomic E-state index is 13.0. The molecule has 0 aliphatic rings. The van der Waals surface area contributed by atoms with Crippen molar-refractivity contribution in [3.63, 3.8) is 0 Å². The summed E-state index contributed by atoms with van der Waals surface area (Å²) in [5, 5.41) is 11.9. The van der Waals surface area contributed by atoms with Crippen molar-refractivity contribution < 1.29 is 14.3 Å². The van der Waals surface area contributed by atoms with Crippen LogP contribution < -0.4 is 20.3 Å². The van der Waals surface area contributed by atoms with E-state index in [-0.39, 0.29) is 11.5 Å². The summed E-state index contributed by atoms with van der Waals surface area (Å²) in [5.41, 5.74) is 1.71. The van der Waals surface area contributed by atoms with E-state index in [1.165, 1.54) is 25.1 Å². The van der Waals surface area contributed by atoms with Gasteiger partial charge in [0.15, 0.2) is 17.1 Å². The highest BCUT2D eigenvalue weighted by Gasteiger charge is 2.18. The number of amides is 1. The van der Waals surface area contributed by atoms with E-state index >= 15 is 0 Å². The number of para-hydroxylation sites is 1. The highest BCUT2D eigenvalue weighted by Crippen LogP contribution is 2.28. The molecule has 1 amide bonds. The average Bonchev–Trinajstić information content (AvgIpc) is 3.47. The number of anilines is 1. The molecule has 0 aliphatic heterocycles. The van der Waals surface area contributed by atoms with Gasteiger partial charge < -0.3 is 14.8 Å². The van der Waals surface area contributed by atoms with E-state index < -0.39 is 5.91 Å². The number of aromatic nitrogens is 6. The van der Waals surface area contributed by atoms with Gasteiger partial charge in [0, 0.05) is 11.6 Å². The van der Waals surface area contributed by atoms with Gasteiger partial charge in [0.25, 0.3) is 11.5 Å². The Bertz CT molecular complexity index is 1600. The largest absolute Gasteiger partial charge is 0.493 e. The lowest BCUT2D eigenvalue weighted by atomic mass is 10.2. The molecule has 2 N–H and O–H groups in total. The first-order valence-electron chi connectivity index (χ1n) is 10.6. The van der Waals surface area contributed by atoms with E-state index in [0.29, 0.717) is 39.6 Å². The number of hydrogen-bond donors (Lipinski definition) is 2. The number of carbonyl (C=O) groups excluding carboxylic acids is 1. The molecule has 0 unspecified atom stereocenters. The van der Waals surface area contributed by atoms with Gasteiger partial charge in [-0.2, -0.15) is 19.9 Å². The summed E-state index contributed by atoms with van der Waals surface area (Å²) in [6.07, 6.45) is 1.46. The van der Waals surface area contributed by atoms with Gasteiger partial charge in [-0.1, -0.05) is 18.2 Å². The summed E-state index contributed by atoms with van der Waals surface area (Å²) in [7, 11) is 3.02. The summed E-state index contributed by atoms with van der Waals surface area (Å²) < 4.78 is 13.5. The average molecular weight is 471 g/mol. The summed E-state index contributed by atoms with van der Waals surface area (Å²) in [5.74, 6) is 1.00. The molecule has 0 saturated carbocycles. The van der Waals surface area contributed by atoms with Crippen LogP contribution in [0.4, 0.5) is 5.82 Å². The van der Waals surface area contributed by atoms with Crippen molar-refractivity contribution in [1.29, 1.82) is 0 Å². The fourth-order valence-corrected chi connectivity index (χ4v) is 3.68. The van der Waals surface area contributed by atoms with Crippen LogP contribution in [0.1, 0.15) is 16.1 Å². The summed E-state index contributed by atoms with van der Waals surface area (Å²) in [6.45, 7) is 1.77. The molecule has 11 heteroatoms. The molecule has 0 saturated heterocycles. The van der Waals surface area contributed by atoms with Crippen LogP contribution in [0.15, 0.2) is 65.6 Å². The number of rotatable bonds is 6. The molecule has 3 heterocycles. The van der Waals surface area contributed by atoms with Crippen LogP contribution in [-0.4, -0.2) is 49.7 Å². The Morgan fingerprint density at radius 2 is 1.77 bits per heavy atom. The summed E-state index contributed by atoms with van der Waals surface area (Å²) in [4.78, 5) is 33.1. The Labute approximate surface area is 198 Å². The van der Waals surface area contributed by atoms with Crippen molar-refractivity contribution in [2.24, 2.45) is 0 Å². The lowest BCUT2D eigenvalue weighted by Gasteiger charge is -2.11. The maximum Gasteiger partial charge on any atom is 0.263 e. The first-order valence-corrected chi connectivity index (χ1v) is 10.6. The zero-order valence-corrected chi connectivity index (χ0v) is 19.1. The fraction of sp³-hybridized carbons (Fsp3) is 0.125. The van der Waals surface area contributed by atoms with Crippen molar-refractivity contribution in [3.05, 3.63) is 82.4 Å². The molecule has 5 rings (SSSR count). The number of aromatic amines is 1. The van der Waals surface area contributed by atoms with Gasteiger partial charge in [0.1, 0.15) is 11.2 Å². The smallest absolute Gasteiger partial charge is 0.263 e. The minimum atomic E-state index is -0.398. The Morgan fingerprint density at radius 1 is 1.00 bits per heavy atom. The van der Waals surface area contributed by atoms with Gasteiger partial charge in [-0.3, -0.25) is 14.6 Å². The molecule has 0 aliphatic carbocycles. The molecule has 2 aromatic carbocycles. The van der Waals surface area contributed by atoms with Crippen molar-refractivity contribution in [2.45, 2.75) is 6.92 Å². The van der Waals surface area contributed by atoms with E-state index in [2.05, 4.69) is 25.5 Å². The lowest BCUT2D eigenvalue weighted by molar-refractivity contribution is 0.102. The Morgan fingerprint density at radius 3 is 2.51 bits per heavy atom. The number of benzene rings is 2. The number of carbonyl (C=O) groups is 1. The highest BCUT2D eigenvalue weighted by atomic mass is 16.5. The van der Waals surface area contributed by atoms with Crippen LogP contribution in [0.2, 0.25) is 0 Å². The Balaban J connectivity index is 1.55. The zero-order valence-electron chi connectivity index (χ0n) is 19.1. The molecule has 3 aromatic heterocycles. The molecule has 0 bridgehead atoms. The zero-order chi connectivity index (χ0) is 24.5. The Kier molecular flexibility index (Phi) is 5.49. The van der Waals surface area contributed by atoms with E-state index in [9.17, 15) is 9.59 Å². The second-order valence-electron chi connectivity index (χ2n) is 7.63. The monoisotopic (exact) mass is 471 g/mol. The van der Waals surface area contributed by atoms with Crippen molar-refractivity contribution >= 4 is 22.8 Å². The predicted molar refractivity (Wildman–Crippen MR) is 129 cm³/mol. The molecule has 0 atom stereocenters. The second kappa shape index (κ2) is 8.78. The fourth-order valence-electron chi connectivity index (χ4n) is 3.68. The second-order valence-corrected chi connectivity index (χ2v) is 7.63. The summed E-state index contributed by atoms with van der Waals surface area (Å²) in [6, 6.07) is 15.9. The standard InChI is InChI=1S/C24H21N7O4/c1-14-11-20(26-22(32)15-9-10-18(34-2)19(12-15)35-3)31(29-14)24-27-21-17(23(33)28-24)13-25-30(21)16-7-5-4-6-8-16/h4-13H,1-3H3,(H,26,32)(H,27,28,33). The van der Waals surface area contributed by atoms with Crippen LogP contribution in [0.5, 0.6) is 11.5 Å².